The number of hydrogen-bond acceptors (Lipinski definition) is 7. The molecule has 2 rings (SSSR count). The Bertz CT molecular complexity index is 598. The van der Waals surface area contributed by atoms with Gasteiger partial charge < -0.3 is 11.1 Å². The molecule has 0 aliphatic carbocycles. The quantitative estimate of drug-likeness (QED) is 0.489. The van der Waals surface area contributed by atoms with Gasteiger partial charge in [0.2, 0.25) is 0 Å². The van der Waals surface area contributed by atoms with E-state index in [2.05, 4.69) is 14.9 Å². The Morgan fingerprint density at radius 3 is 2.83 bits per heavy atom. The van der Waals surface area contributed by atoms with Gasteiger partial charge in [0.1, 0.15) is 10.7 Å². The Kier molecular flexibility index (Phi) is 3.15. The zero-order valence-corrected chi connectivity index (χ0v) is 9.68. The van der Waals surface area contributed by atoms with E-state index in [0.717, 1.165) is 11.5 Å². The Balaban J connectivity index is 2.21. The third kappa shape index (κ3) is 2.40. The Labute approximate surface area is 105 Å². The van der Waals surface area contributed by atoms with Crippen molar-refractivity contribution >= 4 is 33.8 Å². The SMILES string of the molecule is Nc1cc(C(=O)Nc2cnns2)ccc1[N+](=O)[O-]. The summed E-state index contributed by atoms with van der Waals surface area (Å²) in [5.74, 6) is -0.428. The molecule has 0 bridgehead atoms. The number of nitrogens with two attached hydrogens (primary N) is 1. The summed E-state index contributed by atoms with van der Waals surface area (Å²) in [5, 5.41) is 17.2. The molecule has 1 aromatic heterocycles. The van der Waals surface area contributed by atoms with E-state index in [9.17, 15) is 14.9 Å². The van der Waals surface area contributed by atoms with Gasteiger partial charge >= 0.3 is 0 Å². The van der Waals surface area contributed by atoms with Gasteiger partial charge in [0, 0.05) is 23.2 Å². The van der Waals surface area contributed by atoms with Crippen molar-refractivity contribution < 1.29 is 9.72 Å². The summed E-state index contributed by atoms with van der Waals surface area (Å²) in [5.41, 5.74) is 5.43. The lowest BCUT2D eigenvalue weighted by molar-refractivity contribution is -0.383. The number of hydrogen-bond donors (Lipinski definition) is 2. The maximum Gasteiger partial charge on any atom is 0.292 e. The number of benzene rings is 1. The molecule has 0 aliphatic rings. The number of aromatic nitrogens is 2. The largest absolute Gasteiger partial charge is 0.393 e. The van der Waals surface area contributed by atoms with Crippen LogP contribution >= 0.6 is 11.5 Å². The van der Waals surface area contributed by atoms with Crippen molar-refractivity contribution in [1.29, 1.82) is 0 Å². The number of nitro groups is 1. The van der Waals surface area contributed by atoms with Gasteiger partial charge in [-0.05, 0) is 12.1 Å². The molecular formula is C9H7N5O3S. The van der Waals surface area contributed by atoms with Crippen LogP contribution in [0, 0.1) is 10.1 Å². The Hall–Kier alpha value is -2.55. The maximum absolute atomic E-state index is 11.8. The minimum absolute atomic E-state index is 0.0601. The molecule has 1 aromatic carbocycles. The van der Waals surface area contributed by atoms with Crippen LogP contribution in [0.2, 0.25) is 0 Å². The summed E-state index contributed by atoms with van der Waals surface area (Å²) in [6.45, 7) is 0. The molecule has 0 aliphatic heterocycles. The fourth-order valence-corrected chi connectivity index (χ4v) is 1.68. The molecule has 3 N–H and O–H groups in total. The standard InChI is InChI=1S/C9H7N5O3S/c10-6-3-5(1-2-7(6)14(16)17)9(15)12-8-4-11-13-18-8/h1-4H,10H2,(H,12,15). The summed E-state index contributed by atoms with van der Waals surface area (Å²) < 4.78 is 3.59. The van der Waals surface area contributed by atoms with Crippen molar-refractivity contribution in [2.24, 2.45) is 0 Å². The van der Waals surface area contributed by atoms with Crippen LogP contribution in [0.15, 0.2) is 24.4 Å². The normalized spacial score (nSPS) is 10.0. The highest BCUT2D eigenvalue weighted by molar-refractivity contribution is 7.10. The molecular weight excluding hydrogens is 258 g/mol. The highest BCUT2D eigenvalue weighted by atomic mass is 32.1. The zero-order chi connectivity index (χ0) is 13.1. The van der Waals surface area contributed by atoms with Gasteiger partial charge in [0.15, 0.2) is 0 Å². The highest BCUT2D eigenvalue weighted by Crippen LogP contribution is 2.22. The predicted octanol–water partition coefficient (Wildman–Crippen LogP) is 1.28. The molecule has 92 valence electrons. The number of nitro benzene ring substituents is 1. The van der Waals surface area contributed by atoms with Crippen LogP contribution in [0.1, 0.15) is 10.4 Å². The fraction of sp³-hybridized carbons (Fsp3) is 0. The number of anilines is 2. The third-order valence-electron chi connectivity index (χ3n) is 2.08. The molecule has 9 heteroatoms. The minimum Gasteiger partial charge on any atom is -0.393 e. The molecule has 0 radical (unpaired) electrons. The van der Waals surface area contributed by atoms with Gasteiger partial charge in [-0.25, -0.2) is 0 Å². The van der Waals surface area contributed by atoms with Gasteiger partial charge in [-0.15, -0.1) is 5.10 Å². The van der Waals surface area contributed by atoms with Gasteiger partial charge in [-0.3, -0.25) is 14.9 Å². The first-order chi connectivity index (χ1) is 8.58. The number of nitrogens with one attached hydrogen (secondary N) is 1. The lowest BCUT2D eigenvalue weighted by atomic mass is 10.1. The number of nitrogens with zero attached hydrogens (tertiary/aromatic N) is 3. The fourth-order valence-electron chi connectivity index (χ4n) is 1.27. The van der Waals surface area contributed by atoms with Crippen LogP contribution in [-0.4, -0.2) is 20.4 Å². The van der Waals surface area contributed by atoms with Crippen LogP contribution in [0.25, 0.3) is 0 Å². The summed E-state index contributed by atoms with van der Waals surface area (Å²) in [6.07, 6.45) is 1.40. The van der Waals surface area contributed by atoms with Crippen molar-refractivity contribution in [3.05, 3.63) is 40.1 Å². The van der Waals surface area contributed by atoms with Crippen molar-refractivity contribution in [3.63, 3.8) is 0 Å². The zero-order valence-electron chi connectivity index (χ0n) is 8.86. The molecule has 0 fully saturated rings. The van der Waals surface area contributed by atoms with E-state index in [4.69, 9.17) is 5.73 Å². The van der Waals surface area contributed by atoms with Crippen molar-refractivity contribution in [1.82, 2.24) is 9.59 Å². The molecule has 0 saturated heterocycles. The van der Waals surface area contributed by atoms with Crippen LogP contribution in [0.3, 0.4) is 0 Å². The smallest absolute Gasteiger partial charge is 0.292 e. The number of nitrogen functional groups attached to an aromatic ring is 1. The topological polar surface area (TPSA) is 124 Å². The molecule has 8 nitrogen and oxygen atoms in total. The summed E-state index contributed by atoms with van der Waals surface area (Å²) in [7, 11) is 0. The number of amides is 1. The van der Waals surface area contributed by atoms with Crippen LogP contribution in [-0.2, 0) is 0 Å². The van der Waals surface area contributed by atoms with Crippen LogP contribution in [0.4, 0.5) is 16.4 Å². The highest BCUT2D eigenvalue weighted by Gasteiger charge is 2.15. The van der Waals surface area contributed by atoms with Crippen molar-refractivity contribution in [2.45, 2.75) is 0 Å². The summed E-state index contributed by atoms with van der Waals surface area (Å²) in [4.78, 5) is 21.7. The van der Waals surface area contributed by atoms with Crippen molar-refractivity contribution in [2.75, 3.05) is 11.1 Å². The monoisotopic (exact) mass is 265 g/mol. The molecule has 0 spiro atoms. The molecule has 1 heterocycles. The third-order valence-corrected chi connectivity index (χ3v) is 2.66. The predicted molar refractivity (Wildman–Crippen MR) is 65.4 cm³/mol. The lowest BCUT2D eigenvalue weighted by Gasteiger charge is -2.03. The Morgan fingerprint density at radius 2 is 2.28 bits per heavy atom. The average molecular weight is 265 g/mol. The second kappa shape index (κ2) is 4.75. The van der Waals surface area contributed by atoms with E-state index in [1.807, 2.05) is 0 Å². The molecule has 0 unspecified atom stereocenters. The van der Waals surface area contributed by atoms with Crippen LogP contribution in [0.5, 0.6) is 0 Å². The van der Waals surface area contributed by atoms with Gasteiger partial charge in [0.05, 0.1) is 11.1 Å². The van der Waals surface area contributed by atoms with E-state index < -0.39 is 10.8 Å². The van der Waals surface area contributed by atoms with E-state index in [1.54, 1.807) is 0 Å². The number of rotatable bonds is 3. The molecule has 1 amide bonds. The van der Waals surface area contributed by atoms with Gasteiger partial charge in [-0.1, -0.05) is 4.49 Å². The molecule has 0 saturated carbocycles. The Morgan fingerprint density at radius 1 is 1.50 bits per heavy atom. The minimum atomic E-state index is -0.607. The first-order valence-electron chi connectivity index (χ1n) is 4.70. The second-order valence-corrected chi connectivity index (χ2v) is 4.05. The van der Waals surface area contributed by atoms with E-state index in [1.165, 1.54) is 24.4 Å². The molecule has 18 heavy (non-hydrogen) atoms. The average Bonchev–Trinajstić information content (AvgIpc) is 2.81. The van der Waals surface area contributed by atoms with E-state index >= 15 is 0 Å². The molecule has 2 aromatic rings. The lowest BCUT2D eigenvalue weighted by Crippen LogP contribution is -2.11. The number of carbonyl (C=O) groups excluding carboxylic acids is 1. The van der Waals surface area contributed by atoms with Crippen molar-refractivity contribution in [3.8, 4) is 0 Å². The first kappa shape index (κ1) is 11.9. The summed E-state index contributed by atoms with van der Waals surface area (Å²) in [6, 6.07) is 3.77. The second-order valence-electron chi connectivity index (χ2n) is 3.27. The van der Waals surface area contributed by atoms with E-state index in [0.29, 0.717) is 5.00 Å². The maximum atomic E-state index is 11.8. The summed E-state index contributed by atoms with van der Waals surface area (Å²) >= 11 is 1.03. The van der Waals surface area contributed by atoms with Crippen LogP contribution < -0.4 is 11.1 Å². The molecule has 0 atom stereocenters. The van der Waals surface area contributed by atoms with E-state index in [-0.39, 0.29) is 16.9 Å². The van der Waals surface area contributed by atoms with Gasteiger partial charge in [0.25, 0.3) is 11.6 Å². The van der Waals surface area contributed by atoms with Gasteiger partial charge in [-0.2, -0.15) is 0 Å². The number of carbonyl (C=O) groups is 1. The first-order valence-corrected chi connectivity index (χ1v) is 5.48.